The average Bonchev–Trinajstić information content (AvgIpc) is 2.94. The van der Waals surface area contributed by atoms with Gasteiger partial charge in [0, 0.05) is 49.8 Å². The van der Waals surface area contributed by atoms with Gasteiger partial charge >= 0.3 is 0 Å². The van der Waals surface area contributed by atoms with E-state index in [1.54, 1.807) is 30.1 Å². The molecule has 6 heteroatoms. The van der Waals surface area contributed by atoms with Gasteiger partial charge in [-0.3, -0.25) is 14.6 Å². The van der Waals surface area contributed by atoms with Crippen molar-refractivity contribution in [3.63, 3.8) is 0 Å². The average molecular weight is 315 g/mol. The van der Waals surface area contributed by atoms with Gasteiger partial charge in [0.15, 0.2) is 5.78 Å². The minimum Gasteiger partial charge on any atom is -0.396 e. The Hall–Kier alpha value is -2.47. The van der Waals surface area contributed by atoms with Crippen LogP contribution in [0, 0.1) is 5.92 Å². The van der Waals surface area contributed by atoms with Crippen molar-refractivity contribution in [2.24, 2.45) is 13.0 Å². The lowest BCUT2D eigenvalue weighted by molar-refractivity contribution is 0.0931. The Bertz CT molecular complexity index is 680. The van der Waals surface area contributed by atoms with Gasteiger partial charge in [-0.05, 0) is 31.5 Å². The van der Waals surface area contributed by atoms with Gasteiger partial charge in [0.1, 0.15) is 5.69 Å². The SMILES string of the molecule is CC(=O)c1cc(C(=O)NCC(CO)Cc2ccccn2)n(C)c1. The van der Waals surface area contributed by atoms with Gasteiger partial charge in [-0.2, -0.15) is 0 Å². The van der Waals surface area contributed by atoms with E-state index in [2.05, 4.69) is 10.3 Å². The van der Waals surface area contributed by atoms with Gasteiger partial charge < -0.3 is 15.0 Å². The fraction of sp³-hybridized carbons (Fsp3) is 0.353. The molecule has 0 spiro atoms. The van der Waals surface area contributed by atoms with Gasteiger partial charge in [0.05, 0.1) is 0 Å². The van der Waals surface area contributed by atoms with Crippen molar-refractivity contribution in [2.45, 2.75) is 13.3 Å². The highest BCUT2D eigenvalue weighted by Gasteiger charge is 2.16. The Balaban J connectivity index is 1.95. The molecule has 0 saturated carbocycles. The molecule has 1 atom stereocenters. The zero-order valence-corrected chi connectivity index (χ0v) is 13.3. The molecule has 1 amide bonds. The van der Waals surface area contributed by atoms with Crippen molar-refractivity contribution in [1.82, 2.24) is 14.9 Å². The maximum atomic E-state index is 12.2. The molecule has 0 aliphatic carbocycles. The molecule has 2 rings (SSSR count). The maximum Gasteiger partial charge on any atom is 0.267 e. The molecular weight excluding hydrogens is 294 g/mol. The third-order valence-corrected chi connectivity index (χ3v) is 3.68. The van der Waals surface area contributed by atoms with E-state index in [-0.39, 0.29) is 24.2 Å². The highest BCUT2D eigenvalue weighted by atomic mass is 16.3. The molecule has 0 aromatic carbocycles. The molecular formula is C17H21N3O3. The number of hydrogen-bond acceptors (Lipinski definition) is 4. The number of Topliss-reactive ketones (excluding diaryl/α,β-unsaturated/α-hetero) is 1. The fourth-order valence-electron chi connectivity index (χ4n) is 2.33. The number of nitrogens with one attached hydrogen (secondary N) is 1. The minimum absolute atomic E-state index is 0.0390. The highest BCUT2D eigenvalue weighted by Crippen LogP contribution is 2.09. The summed E-state index contributed by atoms with van der Waals surface area (Å²) in [6.45, 7) is 1.76. The van der Waals surface area contributed by atoms with E-state index in [0.29, 0.717) is 24.2 Å². The third-order valence-electron chi connectivity index (χ3n) is 3.68. The van der Waals surface area contributed by atoms with Crippen LogP contribution in [0.4, 0.5) is 0 Å². The number of aliphatic hydroxyl groups excluding tert-OH is 1. The van der Waals surface area contributed by atoms with Crippen LogP contribution < -0.4 is 5.32 Å². The highest BCUT2D eigenvalue weighted by molar-refractivity contribution is 5.99. The zero-order valence-electron chi connectivity index (χ0n) is 13.3. The number of ketones is 1. The van der Waals surface area contributed by atoms with Crippen molar-refractivity contribution in [2.75, 3.05) is 13.2 Å². The molecule has 122 valence electrons. The number of pyridine rings is 1. The summed E-state index contributed by atoms with van der Waals surface area (Å²) in [6.07, 6.45) is 3.92. The monoisotopic (exact) mass is 315 g/mol. The first-order chi connectivity index (χ1) is 11.0. The van der Waals surface area contributed by atoms with E-state index in [9.17, 15) is 14.7 Å². The molecule has 0 aliphatic rings. The summed E-state index contributed by atoms with van der Waals surface area (Å²) in [6, 6.07) is 7.19. The summed E-state index contributed by atoms with van der Waals surface area (Å²) in [4.78, 5) is 27.8. The molecule has 0 saturated heterocycles. The second-order valence-electron chi connectivity index (χ2n) is 5.56. The number of aryl methyl sites for hydroxylation is 1. The van der Waals surface area contributed by atoms with E-state index in [4.69, 9.17) is 0 Å². The molecule has 6 nitrogen and oxygen atoms in total. The second-order valence-corrected chi connectivity index (χ2v) is 5.56. The quantitative estimate of drug-likeness (QED) is 0.752. The van der Waals surface area contributed by atoms with Gasteiger partial charge in [-0.25, -0.2) is 0 Å². The van der Waals surface area contributed by atoms with Crippen LogP contribution in [0.25, 0.3) is 0 Å². The molecule has 2 aromatic heterocycles. The van der Waals surface area contributed by atoms with Crippen molar-refractivity contribution in [3.05, 3.63) is 53.6 Å². The van der Waals surface area contributed by atoms with Crippen molar-refractivity contribution >= 4 is 11.7 Å². The number of nitrogens with zero attached hydrogens (tertiary/aromatic N) is 2. The summed E-state index contributed by atoms with van der Waals surface area (Å²) in [5.41, 5.74) is 1.80. The van der Waals surface area contributed by atoms with Crippen molar-refractivity contribution in [1.29, 1.82) is 0 Å². The van der Waals surface area contributed by atoms with Crippen LogP contribution in [0.15, 0.2) is 36.7 Å². The summed E-state index contributed by atoms with van der Waals surface area (Å²) < 4.78 is 1.62. The number of aromatic nitrogens is 2. The summed E-state index contributed by atoms with van der Waals surface area (Å²) in [5.74, 6) is -0.455. The van der Waals surface area contributed by atoms with Crippen LogP contribution in [0.3, 0.4) is 0 Å². The molecule has 2 N–H and O–H groups in total. The maximum absolute atomic E-state index is 12.2. The lowest BCUT2D eigenvalue weighted by Gasteiger charge is -2.14. The summed E-state index contributed by atoms with van der Waals surface area (Å²) in [5, 5.41) is 12.3. The topological polar surface area (TPSA) is 84.2 Å². The Morgan fingerprint density at radius 3 is 2.74 bits per heavy atom. The third kappa shape index (κ3) is 4.50. The largest absolute Gasteiger partial charge is 0.396 e. The molecule has 0 fully saturated rings. The molecule has 2 heterocycles. The van der Waals surface area contributed by atoms with Crippen molar-refractivity contribution in [3.8, 4) is 0 Å². The van der Waals surface area contributed by atoms with Crippen LogP contribution in [-0.4, -0.2) is 39.5 Å². The molecule has 0 bridgehead atoms. The smallest absolute Gasteiger partial charge is 0.267 e. The lowest BCUT2D eigenvalue weighted by atomic mass is 10.0. The molecule has 0 radical (unpaired) electrons. The molecule has 2 aromatic rings. The van der Waals surface area contributed by atoms with E-state index >= 15 is 0 Å². The number of rotatable bonds is 7. The Labute approximate surface area is 135 Å². The number of carbonyl (C=O) groups excluding carboxylic acids is 2. The lowest BCUT2D eigenvalue weighted by Crippen LogP contribution is -2.32. The first-order valence-electron chi connectivity index (χ1n) is 7.47. The Kier molecular flexibility index (Phi) is 5.65. The van der Waals surface area contributed by atoms with E-state index in [1.807, 2.05) is 18.2 Å². The van der Waals surface area contributed by atoms with E-state index < -0.39 is 0 Å². The van der Waals surface area contributed by atoms with Crippen LogP contribution in [0.2, 0.25) is 0 Å². The molecule has 1 unspecified atom stereocenters. The number of aliphatic hydroxyl groups is 1. The van der Waals surface area contributed by atoms with Crippen LogP contribution >= 0.6 is 0 Å². The van der Waals surface area contributed by atoms with E-state index in [0.717, 1.165) is 5.69 Å². The Morgan fingerprint density at radius 2 is 2.17 bits per heavy atom. The van der Waals surface area contributed by atoms with E-state index in [1.165, 1.54) is 6.92 Å². The van der Waals surface area contributed by atoms with Gasteiger partial charge in [-0.15, -0.1) is 0 Å². The van der Waals surface area contributed by atoms with Crippen LogP contribution in [-0.2, 0) is 13.5 Å². The standard InChI is InChI=1S/C17H21N3O3/c1-12(22)14-8-16(20(2)10-14)17(23)19-9-13(11-21)7-15-5-3-4-6-18-15/h3-6,8,10,13,21H,7,9,11H2,1-2H3,(H,19,23). The fourth-order valence-corrected chi connectivity index (χ4v) is 2.33. The first-order valence-corrected chi connectivity index (χ1v) is 7.47. The predicted octanol–water partition coefficient (Wildman–Crippen LogP) is 1.20. The summed E-state index contributed by atoms with van der Waals surface area (Å²) >= 11 is 0. The minimum atomic E-state index is -0.264. The van der Waals surface area contributed by atoms with Gasteiger partial charge in [-0.1, -0.05) is 6.07 Å². The van der Waals surface area contributed by atoms with Crippen LogP contribution in [0.5, 0.6) is 0 Å². The zero-order chi connectivity index (χ0) is 16.8. The molecule has 23 heavy (non-hydrogen) atoms. The number of hydrogen-bond donors (Lipinski definition) is 2. The second kappa shape index (κ2) is 7.69. The summed E-state index contributed by atoms with van der Waals surface area (Å²) in [7, 11) is 1.72. The first kappa shape index (κ1) is 16.9. The van der Waals surface area contributed by atoms with Crippen molar-refractivity contribution < 1.29 is 14.7 Å². The predicted molar refractivity (Wildman–Crippen MR) is 86.3 cm³/mol. The number of amides is 1. The number of carbonyl (C=O) groups is 2. The van der Waals surface area contributed by atoms with Gasteiger partial charge in [0.2, 0.25) is 0 Å². The molecule has 0 aliphatic heterocycles. The normalized spacial score (nSPS) is 12.0. The Morgan fingerprint density at radius 1 is 1.39 bits per heavy atom. The van der Waals surface area contributed by atoms with Crippen LogP contribution in [0.1, 0.15) is 33.5 Å². The van der Waals surface area contributed by atoms with Gasteiger partial charge in [0.25, 0.3) is 5.91 Å².